The van der Waals surface area contributed by atoms with E-state index in [9.17, 15) is 0 Å². The van der Waals surface area contributed by atoms with Gasteiger partial charge in [-0.3, -0.25) is 0 Å². The Morgan fingerprint density at radius 1 is 1.27 bits per heavy atom. The zero-order valence-electron chi connectivity index (χ0n) is 6.49. The lowest BCUT2D eigenvalue weighted by atomic mass is 10.2. The van der Waals surface area contributed by atoms with E-state index in [1.54, 1.807) is 0 Å². The molecule has 0 aliphatic rings. The van der Waals surface area contributed by atoms with Crippen molar-refractivity contribution in [2.45, 2.75) is 6.92 Å². The number of anilines is 1. The van der Waals surface area contributed by atoms with Crippen LogP contribution in [0.5, 0.6) is 0 Å². The van der Waals surface area contributed by atoms with Gasteiger partial charge in [-0.25, -0.2) is 0 Å². The van der Waals surface area contributed by atoms with Gasteiger partial charge in [0.25, 0.3) is 0 Å². The fourth-order valence-corrected chi connectivity index (χ4v) is 0.587. The number of aliphatic hydroxyl groups is 2. The van der Waals surface area contributed by atoms with Gasteiger partial charge in [0.05, 0.1) is 0 Å². The molecule has 0 saturated heterocycles. The summed E-state index contributed by atoms with van der Waals surface area (Å²) in [5.41, 5.74) is 7.53. The maximum absolute atomic E-state index is 7.12. The first-order chi connectivity index (χ1) is 5.22. The molecule has 1 aromatic rings. The molecule has 0 aliphatic carbocycles. The molecule has 3 heteroatoms. The lowest BCUT2D eigenvalue weighted by Gasteiger charge is -1.93. The van der Waals surface area contributed by atoms with Crippen LogP contribution in [0, 0.1) is 6.92 Å². The Kier molecular flexibility index (Phi) is 5.15. The zero-order chi connectivity index (χ0) is 8.69. The Morgan fingerprint density at radius 3 is 2.00 bits per heavy atom. The highest BCUT2D eigenvalue weighted by Crippen LogP contribution is 2.06. The summed E-state index contributed by atoms with van der Waals surface area (Å²) in [7, 11) is 0. The molecular formula is C8H13NO2. The molecule has 0 aliphatic heterocycles. The lowest BCUT2D eigenvalue weighted by Crippen LogP contribution is -1.85. The second-order valence-corrected chi connectivity index (χ2v) is 2.00. The first-order valence-corrected chi connectivity index (χ1v) is 3.25. The van der Waals surface area contributed by atoms with E-state index >= 15 is 0 Å². The van der Waals surface area contributed by atoms with Gasteiger partial charge in [-0.05, 0) is 18.6 Å². The molecule has 0 radical (unpaired) electrons. The van der Waals surface area contributed by atoms with Crippen molar-refractivity contribution >= 4 is 5.69 Å². The quantitative estimate of drug-likeness (QED) is 0.377. The van der Waals surface area contributed by atoms with E-state index < -0.39 is 6.79 Å². The maximum atomic E-state index is 7.12. The molecule has 0 spiro atoms. The number of para-hydroxylation sites is 1. The minimum Gasteiger partial charge on any atom is -0.399 e. The van der Waals surface area contributed by atoms with Crippen molar-refractivity contribution < 1.29 is 10.2 Å². The summed E-state index contributed by atoms with van der Waals surface area (Å²) in [5.74, 6) is 0. The molecule has 0 fully saturated rings. The first-order valence-electron chi connectivity index (χ1n) is 3.25. The van der Waals surface area contributed by atoms with Gasteiger partial charge in [-0.15, -0.1) is 0 Å². The normalized spacial score (nSPS) is 8.27. The van der Waals surface area contributed by atoms with Crippen molar-refractivity contribution in [1.82, 2.24) is 0 Å². The van der Waals surface area contributed by atoms with Gasteiger partial charge in [-0.1, -0.05) is 18.2 Å². The van der Waals surface area contributed by atoms with Crippen LogP contribution in [-0.2, 0) is 0 Å². The molecule has 11 heavy (non-hydrogen) atoms. The van der Waals surface area contributed by atoms with E-state index in [2.05, 4.69) is 0 Å². The summed E-state index contributed by atoms with van der Waals surface area (Å²) in [5, 5.41) is 14.2. The van der Waals surface area contributed by atoms with Gasteiger partial charge >= 0.3 is 0 Å². The molecule has 0 aromatic heterocycles. The van der Waals surface area contributed by atoms with Crippen LogP contribution in [-0.4, -0.2) is 17.0 Å². The summed E-state index contributed by atoms with van der Waals surface area (Å²) in [4.78, 5) is 0. The van der Waals surface area contributed by atoms with E-state index in [1.165, 1.54) is 0 Å². The van der Waals surface area contributed by atoms with E-state index in [0.29, 0.717) is 0 Å². The largest absolute Gasteiger partial charge is 0.399 e. The fourth-order valence-electron chi connectivity index (χ4n) is 0.587. The van der Waals surface area contributed by atoms with Gasteiger partial charge in [0.2, 0.25) is 0 Å². The number of aliphatic hydroxyl groups excluding tert-OH is 1. The van der Waals surface area contributed by atoms with Gasteiger partial charge in [0, 0.05) is 5.69 Å². The van der Waals surface area contributed by atoms with Gasteiger partial charge in [0.1, 0.15) is 6.79 Å². The van der Waals surface area contributed by atoms with Crippen molar-refractivity contribution in [2.75, 3.05) is 12.5 Å². The highest BCUT2D eigenvalue weighted by atomic mass is 16.5. The first kappa shape index (κ1) is 9.94. The van der Waals surface area contributed by atoms with Crippen LogP contribution in [0.1, 0.15) is 5.56 Å². The van der Waals surface area contributed by atoms with Crippen LogP contribution in [0.15, 0.2) is 24.3 Å². The summed E-state index contributed by atoms with van der Waals surface area (Å²) >= 11 is 0. The second-order valence-electron chi connectivity index (χ2n) is 2.00. The van der Waals surface area contributed by atoms with E-state index in [4.69, 9.17) is 15.9 Å². The van der Waals surface area contributed by atoms with Crippen molar-refractivity contribution in [3.63, 3.8) is 0 Å². The molecule has 0 unspecified atom stereocenters. The number of benzene rings is 1. The van der Waals surface area contributed by atoms with Crippen molar-refractivity contribution in [3.05, 3.63) is 29.8 Å². The molecule has 1 aromatic carbocycles. The van der Waals surface area contributed by atoms with Crippen LogP contribution in [0.25, 0.3) is 0 Å². The number of nitrogens with two attached hydrogens (primary N) is 1. The Bertz CT molecular complexity index is 180. The molecule has 0 amide bonds. The lowest BCUT2D eigenvalue weighted by molar-refractivity contribution is 0.0773. The predicted octanol–water partition coefficient (Wildman–Crippen LogP) is 0.506. The molecule has 0 heterocycles. The van der Waals surface area contributed by atoms with Crippen LogP contribution in [0.2, 0.25) is 0 Å². The third kappa shape index (κ3) is 4.36. The standard InChI is InChI=1S/C7H9N.CH4O2/c1-6-4-2-3-5-7(6)8;2-1-3/h2-5H,8H2,1H3;2-3H,1H2. The monoisotopic (exact) mass is 155 g/mol. The molecule has 3 nitrogen and oxygen atoms in total. The Morgan fingerprint density at radius 2 is 1.73 bits per heavy atom. The van der Waals surface area contributed by atoms with Crippen molar-refractivity contribution in [1.29, 1.82) is 0 Å². The molecule has 0 saturated carbocycles. The Labute approximate surface area is 66.1 Å². The molecule has 0 atom stereocenters. The highest BCUT2D eigenvalue weighted by Gasteiger charge is 1.84. The van der Waals surface area contributed by atoms with Crippen molar-refractivity contribution in [3.8, 4) is 0 Å². The SMILES string of the molecule is Cc1ccccc1N.OCO. The average Bonchev–Trinajstić information content (AvgIpc) is 1.97. The molecule has 4 N–H and O–H groups in total. The van der Waals surface area contributed by atoms with Crippen LogP contribution < -0.4 is 5.73 Å². The van der Waals surface area contributed by atoms with E-state index in [0.717, 1.165) is 11.3 Å². The smallest absolute Gasteiger partial charge is 0.140 e. The number of rotatable bonds is 0. The van der Waals surface area contributed by atoms with E-state index in [-0.39, 0.29) is 0 Å². The summed E-state index contributed by atoms with van der Waals surface area (Å²) in [6, 6.07) is 7.80. The molecule has 0 bridgehead atoms. The number of aryl methyl sites for hydroxylation is 1. The zero-order valence-corrected chi connectivity index (χ0v) is 6.49. The molecule has 62 valence electrons. The van der Waals surface area contributed by atoms with Crippen LogP contribution in [0.4, 0.5) is 5.69 Å². The second kappa shape index (κ2) is 5.70. The Hall–Kier alpha value is -1.06. The van der Waals surface area contributed by atoms with Gasteiger partial charge in [-0.2, -0.15) is 0 Å². The summed E-state index contributed by atoms with van der Waals surface area (Å²) in [6.07, 6.45) is 0. The number of hydrogen-bond acceptors (Lipinski definition) is 3. The van der Waals surface area contributed by atoms with Gasteiger partial charge < -0.3 is 15.9 Å². The maximum Gasteiger partial charge on any atom is 0.140 e. The molecule has 1 rings (SSSR count). The fraction of sp³-hybridized carbons (Fsp3) is 0.250. The minimum atomic E-state index is -0.750. The summed E-state index contributed by atoms with van der Waals surface area (Å²) in [6.45, 7) is 1.25. The molecular weight excluding hydrogens is 142 g/mol. The highest BCUT2D eigenvalue weighted by molar-refractivity contribution is 5.44. The van der Waals surface area contributed by atoms with Crippen molar-refractivity contribution in [2.24, 2.45) is 0 Å². The number of hydrogen-bond donors (Lipinski definition) is 3. The van der Waals surface area contributed by atoms with Gasteiger partial charge in [0.15, 0.2) is 0 Å². The summed E-state index contributed by atoms with van der Waals surface area (Å²) < 4.78 is 0. The third-order valence-electron chi connectivity index (χ3n) is 1.19. The number of nitrogen functional groups attached to an aromatic ring is 1. The van der Waals surface area contributed by atoms with Crippen LogP contribution in [0.3, 0.4) is 0 Å². The van der Waals surface area contributed by atoms with E-state index in [1.807, 2.05) is 31.2 Å². The Balaban J connectivity index is 0.000000292. The van der Waals surface area contributed by atoms with Crippen LogP contribution >= 0.6 is 0 Å². The minimum absolute atomic E-state index is 0.750. The average molecular weight is 155 g/mol. The topological polar surface area (TPSA) is 66.5 Å². The predicted molar refractivity (Wildman–Crippen MR) is 44.9 cm³/mol. The third-order valence-corrected chi connectivity index (χ3v) is 1.19.